The molecule has 7 atom stereocenters. The molecule has 3 heteroatoms. The van der Waals surface area contributed by atoms with Crippen LogP contribution in [-0.4, -0.2) is 25.6 Å². The highest BCUT2D eigenvalue weighted by molar-refractivity contribution is 6.74. The molecule has 0 saturated carbocycles. The van der Waals surface area contributed by atoms with Crippen LogP contribution >= 0.6 is 0 Å². The Morgan fingerprint density at radius 2 is 1.83 bits per heavy atom. The van der Waals surface area contributed by atoms with E-state index in [1.165, 1.54) is 31.3 Å². The third kappa shape index (κ3) is 4.34. The molecule has 29 heavy (non-hydrogen) atoms. The number of ether oxygens (including phenoxy) is 1. The molecule has 0 aromatic carbocycles. The van der Waals surface area contributed by atoms with Gasteiger partial charge < -0.3 is 9.16 Å². The Bertz CT molecular complexity index is 673. The maximum Gasteiger partial charge on any atom is 0.192 e. The van der Waals surface area contributed by atoms with Crippen LogP contribution in [0.4, 0.5) is 0 Å². The number of rotatable bonds is 5. The van der Waals surface area contributed by atoms with Crippen LogP contribution in [0.3, 0.4) is 0 Å². The van der Waals surface area contributed by atoms with Crippen LogP contribution in [0.2, 0.25) is 18.1 Å². The monoisotopic (exact) mass is 418 g/mol. The summed E-state index contributed by atoms with van der Waals surface area (Å²) in [6.07, 6.45) is 12.5. The quantitative estimate of drug-likeness (QED) is 0.339. The van der Waals surface area contributed by atoms with Crippen molar-refractivity contribution in [3.63, 3.8) is 0 Å². The topological polar surface area (TPSA) is 18.5 Å². The second-order valence-corrected chi connectivity index (χ2v) is 17.1. The summed E-state index contributed by atoms with van der Waals surface area (Å²) in [5.41, 5.74) is 1.60. The lowest BCUT2D eigenvalue weighted by Crippen LogP contribution is -2.46. The van der Waals surface area contributed by atoms with E-state index >= 15 is 0 Å². The summed E-state index contributed by atoms with van der Waals surface area (Å²) < 4.78 is 13.4. The zero-order valence-electron chi connectivity index (χ0n) is 20.8. The van der Waals surface area contributed by atoms with Crippen LogP contribution in [-0.2, 0) is 9.16 Å². The molecule has 1 aliphatic carbocycles. The standard InChI is InChI=1S/C26H46O2Si/c1-18-11-13-21(23(17-18)27-29(9,10)24(4,5)6)19(2)12-14-22-20(3)25(7)15-16-26(22,8)28-25/h12,14,17,19-23H,11,13,15-16H2,1-10H3/b14-12-/t19-,20?,21+,22?,23+,25?,26?/m0/s1. The van der Waals surface area contributed by atoms with E-state index in [-0.39, 0.29) is 22.3 Å². The molecule has 3 aliphatic rings. The summed E-state index contributed by atoms with van der Waals surface area (Å²) in [4.78, 5) is 0. The van der Waals surface area contributed by atoms with E-state index in [4.69, 9.17) is 9.16 Å². The molecular formula is C26H46O2Si. The largest absolute Gasteiger partial charge is 0.410 e. The lowest BCUT2D eigenvalue weighted by atomic mass is 9.68. The van der Waals surface area contributed by atoms with Crippen molar-refractivity contribution in [3.8, 4) is 0 Å². The molecule has 0 aromatic heterocycles. The van der Waals surface area contributed by atoms with Crippen LogP contribution in [0.5, 0.6) is 0 Å². The molecule has 2 bridgehead atoms. The molecule has 3 rings (SSSR count). The first-order valence-corrected chi connectivity index (χ1v) is 14.8. The molecular weight excluding hydrogens is 372 g/mol. The smallest absolute Gasteiger partial charge is 0.192 e. The summed E-state index contributed by atoms with van der Waals surface area (Å²) in [6, 6.07) is 0. The first-order chi connectivity index (χ1) is 13.2. The van der Waals surface area contributed by atoms with Crippen molar-refractivity contribution in [2.75, 3.05) is 0 Å². The van der Waals surface area contributed by atoms with Crippen LogP contribution < -0.4 is 0 Å². The summed E-state index contributed by atoms with van der Waals surface area (Å²) >= 11 is 0. The minimum absolute atomic E-state index is 0.0322. The van der Waals surface area contributed by atoms with Crippen molar-refractivity contribution < 1.29 is 9.16 Å². The van der Waals surface area contributed by atoms with Crippen molar-refractivity contribution in [1.29, 1.82) is 0 Å². The Hall–Kier alpha value is -0.383. The number of fused-ring (bicyclic) bond motifs is 2. The average Bonchev–Trinajstić information content (AvgIpc) is 2.99. The first-order valence-electron chi connectivity index (χ1n) is 11.9. The molecule has 2 heterocycles. The van der Waals surface area contributed by atoms with Gasteiger partial charge in [0, 0.05) is 5.92 Å². The summed E-state index contributed by atoms with van der Waals surface area (Å²) in [5, 5.41) is 0.246. The lowest BCUT2D eigenvalue weighted by Gasteiger charge is -2.43. The molecule has 0 aromatic rings. The molecule has 2 aliphatic heterocycles. The molecule has 0 radical (unpaired) electrons. The molecule has 0 spiro atoms. The maximum absolute atomic E-state index is 6.93. The Morgan fingerprint density at radius 3 is 2.38 bits per heavy atom. The third-order valence-corrected chi connectivity index (χ3v) is 13.5. The molecule has 0 N–H and O–H groups in total. The Balaban J connectivity index is 1.75. The zero-order chi connectivity index (χ0) is 21.8. The van der Waals surface area contributed by atoms with E-state index < -0.39 is 8.32 Å². The lowest BCUT2D eigenvalue weighted by molar-refractivity contribution is -0.0395. The molecule has 2 saturated heterocycles. The molecule has 4 unspecified atom stereocenters. The maximum atomic E-state index is 6.93. The van der Waals surface area contributed by atoms with Gasteiger partial charge in [0.15, 0.2) is 8.32 Å². The predicted molar refractivity (Wildman–Crippen MR) is 127 cm³/mol. The van der Waals surface area contributed by atoms with Crippen molar-refractivity contribution in [2.45, 2.75) is 117 Å². The van der Waals surface area contributed by atoms with E-state index in [0.29, 0.717) is 23.7 Å². The van der Waals surface area contributed by atoms with E-state index in [1.54, 1.807) is 0 Å². The number of hydrogen-bond donors (Lipinski definition) is 0. The highest BCUT2D eigenvalue weighted by Gasteiger charge is 2.60. The minimum atomic E-state index is -1.79. The van der Waals surface area contributed by atoms with E-state index in [2.05, 4.69) is 86.7 Å². The normalized spacial score (nSPS) is 41.8. The Labute approximate surface area is 181 Å². The molecule has 2 nitrogen and oxygen atoms in total. The number of hydrogen-bond acceptors (Lipinski definition) is 2. The van der Waals surface area contributed by atoms with E-state index in [0.717, 1.165) is 0 Å². The van der Waals surface area contributed by atoms with Gasteiger partial charge in [-0.2, -0.15) is 0 Å². The zero-order valence-corrected chi connectivity index (χ0v) is 21.8. The highest BCUT2D eigenvalue weighted by Crippen LogP contribution is 2.57. The van der Waals surface area contributed by atoms with Crippen molar-refractivity contribution >= 4 is 8.32 Å². The second kappa shape index (κ2) is 7.64. The fourth-order valence-corrected chi connectivity index (χ4v) is 6.93. The van der Waals surface area contributed by atoms with Crippen molar-refractivity contribution in [1.82, 2.24) is 0 Å². The molecule has 2 fully saturated rings. The summed E-state index contributed by atoms with van der Waals surface area (Å²) in [7, 11) is -1.79. The molecule has 0 amide bonds. The van der Waals surface area contributed by atoms with Crippen molar-refractivity contribution in [3.05, 3.63) is 23.8 Å². The van der Waals surface area contributed by atoms with Gasteiger partial charge in [-0.15, -0.1) is 0 Å². The Morgan fingerprint density at radius 1 is 1.21 bits per heavy atom. The van der Waals surface area contributed by atoms with Crippen LogP contribution in [0.1, 0.15) is 81.1 Å². The van der Waals surface area contributed by atoms with Gasteiger partial charge in [0.25, 0.3) is 0 Å². The van der Waals surface area contributed by atoms with E-state index in [1.807, 2.05) is 0 Å². The molecule has 166 valence electrons. The van der Waals surface area contributed by atoms with E-state index in [9.17, 15) is 0 Å². The minimum Gasteiger partial charge on any atom is -0.410 e. The highest BCUT2D eigenvalue weighted by atomic mass is 28.4. The summed E-state index contributed by atoms with van der Waals surface area (Å²) in [6.45, 7) is 23.5. The van der Waals surface area contributed by atoms with Gasteiger partial charge in [-0.05, 0) is 82.3 Å². The van der Waals surface area contributed by atoms with Gasteiger partial charge in [-0.3, -0.25) is 0 Å². The van der Waals surface area contributed by atoms with Gasteiger partial charge >= 0.3 is 0 Å². The third-order valence-electron chi connectivity index (χ3n) is 9.07. The SMILES string of the molecule is CC1=C[C@@H](O[Si](C)(C)C(C)(C)C)[C@@H]([C@@H](C)/C=C\C2C(C)C3(C)CCC2(C)O3)CC1. The average molecular weight is 419 g/mol. The van der Waals surface area contributed by atoms with Gasteiger partial charge in [0.2, 0.25) is 0 Å². The van der Waals surface area contributed by atoms with Crippen molar-refractivity contribution in [2.24, 2.45) is 23.7 Å². The van der Waals surface area contributed by atoms with Crippen LogP contribution in [0.25, 0.3) is 0 Å². The fourth-order valence-electron chi connectivity index (χ4n) is 5.65. The van der Waals surface area contributed by atoms with Crippen LogP contribution in [0.15, 0.2) is 23.8 Å². The van der Waals surface area contributed by atoms with Gasteiger partial charge in [-0.1, -0.05) is 58.4 Å². The van der Waals surface area contributed by atoms with Gasteiger partial charge in [0.1, 0.15) is 0 Å². The number of allylic oxidation sites excluding steroid dienone is 2. The second-order valence-electron chi connectivity index (χ2n) is 12.3. The van der Waals surface area contributed by atoms with Gasteiger partial charge in [-0.25, -0.2) is 0 Å². The Kier molecular flexibility index (Phi) is 6.13. The summed E-state index contributed by atoms with van der Waals surface area (Å²) in [5.74, 6) is 2.22. The fraction of sp³-hybridized carbons (Fsp3) is 0.846. The first kappa shape index (κ1) is 23.3. The van der Waals surface area contributed by atoms with Crippen LogP contribution in [0, 0.1) is 23.7 Å². The van der Waals surface area contributed by atoms with Gasteiger partial charge in [0.05, 0.1) is 17.3 Å². The predicted octanol–water partition coefficient (Wildman–Crippen LogP) is 7.52.